The Morgan fingerprint density at radius 3 is 2.19 bits per heavy atom. The van der Waals surface area contributed by atoms with Gasteiger partial charge in [-0.15, -0.1) is 0 Å². The van der Waals surface area contributed by atoms with Gasteiger partial charge >= 0.3 is 0 Å². The molecule has 0 radical (unpaired) electrons. The molecule has 0 N–H and O–H groups in total. The number of rotatable bonds is 5. The summed E-state index contributed by atoms with van der Waals surface area (Å²) in [6, 6.07) is 8.48. The maximum atomic E-state index is 13.0. The zero-order valence-corrected chi connectivity index (χ0v) is 19.4. The van der Waals surface area contributed by atoms with Crippen LogP contribution in [0.5, 0.6) is 0 Å². The van der Waals surface area contributed by atoms with E-state index in [0.29, 0.717) is 25.9 Å². The fraction of sp³-hybridized carbons (Fsp3) is 0.476. The maximum absolute atomic E-state index is 13.0. The van der Waals surface area contributed by atoms with Crippen molar-refractivity contribution in [2.45, 2.75) is 24.3 Å². The molecule has 0 saturated carbocycles. The number of amides is 1. The number of hydrogen-bond donors (Lipinski definition) is 0. The number of piperazine rings is 1. The molecule has 1 aromatic carbocycles. The first-order chi connectivity index (χ1) is 14.9. The summed E-state index contributed by atoms with van der Waals surface area (Å²) in [6.45, 7) is 4.24. The standard InChI is InChI=1S/C21H25Cl2N3O4S/c22-18-4-1-5-19(23)20(18)31(28,29)26-8-6-16(7-9-26)21(27)25-12-10-24(11-13-25)15-17-3-2-14-30-17/h1-5,14,16H,6-13,15H2. The van der Waals surface area contributed by atoms with Crippen molar-refractivity contribution in [3.63, 3.8) is 0 Å². The number of carbonyl (C=O) groups excluding carboxylic acids is 1. The number of halogens is 2. The summed E-state index contributed by atoms with van der Waals surface area (Å²) in [5.41, 5.74) is 0. The Hall–Kier alpha value is -1.58. The largest absolute Gasteiger partial charge is 0.468 e. The summed E-state index contributed by atoms with van der Waals surface area (Å²) in [7, 11) is -3.80. The molecular weight excluding hydrogens is 461 g/mol. The van der Waals surface area contributed by atoms with Gasteiger partial charge in [0.05, 0.1) is 22.9 Å². The molecule has 2 saturated heterocycles. The monoisotopic (exact) mass is 485 g/mol. The number of benzene rings is 1. The Morgan fingerprint density at radius 2 is 1.61 bits per heavy atom. The Balaban J connectivity index is 1.31. The second kappa shape index (κ2) is 9.50. The normalized spacial score (nSPS) is 19.6. The molecule has 0 atom stereocenters. The topological polar surface area (TPSA) is 74.1 Å². The minimum atomic E-state index is -3.80. The van der Waals surface area contributed by atoms with E-state index in [9.17, 15) is 13.2 Å². The molecule has 168 valence electrons. The molecule has 7 nitrogen and oxygen atoms in total. The van der Waals surface area contributed by atoms with Crippen molar-refractivity contribution in [1.82, 2.24) is 14.1 Å². The predicted octanol–water partition coefficient (Wildman–Crippen LogP) is 3.33. The van der Waals surface area contributed by atoms with Gasteiger partial charge in [0.25, 0.3) is 0 Å². The fourth-order valence-corrected chi connectivity index (χ4v) is 6.77. The molecule has 2 aromatic rings. The van der Waals surface area contributed by atoms with Crippen molar-refractivity contribution < 1.29 is 17.6 Å². The highest BCUT2D eigenvalue weighted by molar-refractivity contribution is 7.89. The number of carbonyl (C=O) groups is 1. The molecular formula is C21H25Cl2N3O4S. The van der Waals surface area contributed by atoms with Gasteiger partial charge in [-0.05, 0) is 37.1 Å². The van der Waals surface area contributed by atoms with Gasteiger partial charge in [0.15, 0.2) is 0 Å². The van der Waals surface area contributed by atoms with E-state index >= 15 is 0 Å². The van der Waals surface area contributed by atoms with Crippen molar-refractivity contribution in [3.05, 3.63) is 52.4 Å². The average Bonchev–Trinajstić information content (AvgIpc) is 3.27. The Kier molecular flexibility index (Phi) is 6.93. The lowest BCUT2D eigenvalue weighted by Gasteiger charge is -2.38. The molecule has 31 heavy (non-hydrogen) atoms. The van der Waals surface area contributed by atoms with Crippen molar-refractivity contribution in [1.29, 1.82) is 0 Å². The van der Waals surface area contributed by atoms with Gasteiger partial charge in [0.1, 0.15) is 10.7 Å². The molecule has 0 aliphatic carbocycles. The van der Waals surface area contributed by atoms with E-state index in [1.54, 1.807) is 12.3 Å². The molecule has 0 bridgehead atoms. The minimum Gasteiger partial charge on any atom is -0.468 e. The molecule has 1 aromatic heterocycles. The molecule has 1 amide bonds. The summed E-state index contributed by atoms with van der Waals surface area (Å²) in [5, 5.41) is 0.219. The third-order valence-corrected chi connectivity index (χ3v) is 8.82. The van der Waals surface area contributed by atoms with Crippen LogP contribution in [-0.2, 0) is 21.4 Å². The van der Waals surface area contributed by atoms with Crippen molar-refractivity contribution in [2.75, 3.05) is 39.3 Å². The Bertz CT molecular complexity index is 993. The number of furan rings is 1. The van der Waals surface area contributed by atoms with E-state index in [4.69, 9.17) is 27.6 Å². The first-order valence-electron chi connectivity index (χ1n) is 10.3. The molecule has 2 aliphatic heterocycles. The minimum absolute atomic E-state index is 0.0595. The number of sulfonamides is 1. The molecule has 3 heterocycles. The smallest absolute Gasteiger partial charge is 0.246 e. The van der Waals surface area contributed by atoms with Gasteiger partial charge < -0.3 is 9.32 Å². The van der Waals surface area contributed by atoms with E-state index in [-0.39, 0.29) is 39.9 Å². The molecule has 2 fully saturated rings. The van der Waals surface area contributed by atoms with Crippen LogP contribution in [0.25, 0.3) is 0 Å². The third-order valence-electron chi connectivity index (χ3n) is 5.96. The van der Waals surface area contributed by atoms with Gasteiger partial charge in [-0.2, -0.15) is 4.31 Å². The average molecular weight is 486 g/mol. The zero-order chi connectivity index (χ0) is 22.0. The summed E-state index contributed by atoms with van der Waals surface area (Å²) in [6.07, 6.45) is 2.65. The Morgan fingerprint density at radius 1 is 0.968 bits per heavy atom. The van der Waals surface area contributed by atoms with E-state index in [1.807, 2.05) is 17.0 Å². The maximum Gasteiger partial charge on any atom is 0.246 e. The second-order valence-electron chi connectivity index (χ2n) is 7.91. The van der Waals surface area contributed by atoms with Crippen LogP contribution in [0, 0.1) is 5.92 Å². The van der Waals surface area contributed by atoms with Crippen LogP contribution in [0.4, 0.5) is 0 Å². The lowest BCUT2D eigenvalue weighted by Crippen LogP contribution is -2.51. The second-order valence-corrected chi connectivity index (χ2v) is 10.6. The SMILES string of the molecule is O=C(C1CCN(S(=O)(=O)c2c(Cl)cccc2Cl)CC1)N1CCN(Cc2ccco2)CC1. The van der Waals surface area contributed by atoms with Crippen LogP contribution >= 0.6 is 23.2 Å². The van der Waals surface area contributed by atoms with Crippen LogP contribution in [0.15, 0.2) is 45.9 Å². The first kappa shape index (κ1) is 22.6. The number of hydrogen-bond acceptors (Lipinski definition) is 5. The molecule has 10 heteroatoms. The van der Waals surface area contributed by atoms with Gasteiger partial charge in [0.2, 0.25) is 15.9 Å². The molecule has 0 unspecified atom stereocenters. The Labute approximate surface area is 192 Å². The van der Waals surface area contributed by atoms with Gasteiger partial charge in [-0.3, -0.25) is 9.69 Å². The lowest BCUT2D eigenvalue weighted by molar-refractivity contribution is -0.138. The quantitative estimate of drug-likeness (QED) is 0.649. The summed E-state index contributed by atoms with van der Waals surface area (Å²) in [4.78, 5) is 17.1. The van der Waals surface area contributed by atoms with Crippen LogP contribution in [-0.4, -0.2) is 67.7 Å². The summed E-state index contributed by atoms with van der Waals surface area (Å²) < 4.78 is 32.8. The van der Waals surface area contributed by atoms with E-state index in [0.717, 1.165) is 25.4 Å². The fourth-order valence-electron chi connectivity index (χ4n) is 4.21. The van der Waals surface area contributed by atoms with E-state index in [1.165, 1.54) is 16.4 Å². The number of nitrogens with zero attached hydrogens (tertiary/aromatic N) is 3. The van der Waals surface area contributed by atoms with E-state index < -0.39 is 10.0 Å². The third kappa shape index (κ3) is 4.93. The van der Waals surface area contributed by atoms with Crippen molar-refractivity contribution in [3.8, 4) is 0 Å². The highest BCUT2D eigenvalue weighted by atomic mass is 35.5. The van der Waals surface area contributed by atoms with Crippen LogP contribution in [0.1, 0.15) is 18.6 Å². The highest BCUT2D eigenvalue weighted by Crippen LogP contribution is 2.33. The highest BCUT2D eigenvalue weighted by Gasteiger charge is 2.36. The number of piperidine rings is 1. The molecule has 4 rings (SSSR count). The summed E-state index contributed by atoms with van der Waals surface area (Å²) >= 11 is 12.2. The van der Waals surface area contributed by atoms with E-state index in [2.05, 4.69) is 4.90 Å². The zero-order valence-electron chi connectivity index (χ0n) is 17.0. The van der Waals surface area contributed by atoms with Crippen LogP contribution in [0.3, 0.4) is 0 Å². The first-order valence-corrected chi connectivity index (χ1v) is 12.5. The molecule has 2 aliphatic rings. The van der Waals surface area contributed by atoms with Gasteiger partial charge in [0, 0.05) is 45.2 Å². The van der Waals surface area contributed by atoms with Gasteiger partial charge in [-0.25, -0.2) is 8.42 Å². The van der Waals surface area contributed by atoms with Crippen LogP contribution in [0.2, 0.25) is 10.0 Å². The van der Waals surface area contributed by atoms with Crippen molar-refractivity contribution in [2.24, 2.45) is 5.92 Å². The predicted molar refractivity (Wildman–Crippen MR) is 119 cm³/mol. The lowest BCUT2D eigenvalue weighted by atomic mass is 9.96. The molecule has 0 spiro atoms. The van der Waals surface area contributed by atoms with Gasteiger partial charge in [-0.1, -0.05) is 29.3 Å². The van der Waals surface area contributed by atoms with Crippen LogP contribution < -0.4 is 0 Å². The summed E-state index contributed by atoms with van der Waals surface area (Å²) in [5.74, 6) is 0.877. The van der Waals surface area contributed by atoms with Crippen molar-refractivity contribution >= 4 is 39.1 Å².